The Hall–Kier alpha value is -2.25. The van der Waals surface area contributed by atoms with Crippen LogP contribution in [0.25, 0.3) is 0 Å². The predicted molar refractivity (Wildman–Crippen MR) is 122 cm³/mol. The lowest BCUT2D eigenvalue weighted by molar-refractivity contribution is 0.214. The Balaban J connectivity index is 1.59. The van der Waals surface area contributed by atoms with Crippen molar-refractivity contribution < 1.29 is 13.2 Å². The first-order chi connectivity index (χ1) is 14.5. The zero-order valence-corrected chi connectivity index (χ0v) is 18.5. The molecule has 162 valence electrons. The van der Waals surface area contributed by atoms with Crippen LogP contribution in [0.5, 0.6) is 0 Å². The molecule has 1 aliphatic rings. The average molecular weight is 450 g/mol. The van der Waals surface area contributed by atoms with E-state index in [9.17, 15) is 13.2 Å². The molecule has 8 heteroatoms. The van der Waals surface area contributed by atoms with Crippen LogP contribution in [0.3, 0.4) is 0 Å². The van der Waals surface area contributed by atoms with E-state index in [-0.39, 0.29) is 10.9 Å². The lowest BCUT2D eigenvalue weighted by atomic mass is 10.1. The van der Waals surface area contributed by atoms with Crippen molar-refractivity contribution in [2.75, 3.05) is 29.0 Å². The highest BCUT2D eigenvalue weighted by Gasteiger charge is 2.16. The lowest BCUT2D eigenvalue weighted by Gasteiger charge is -2.20. The molecule has 2 N–H and O–H groups in total. The molecule has 30 heavy (non-hydrogen) atoms. The number of sulfonamides is 1. The Bertz CT molecular complexity index is 923. The largest absolute Gasteiger partial charge is 0.325 e. The highest BCUT2D eigenvalue weighted by molar-refractivity contribution is 7.92. The van der Waals surface area contributed by atoms with E-state index in [4.69, 9.17) is 11.6 Å². The number of alkyl halides is 1. The van der Waals surface area contributed by atoms with Crippen LogP contribution >= 0.6 is 11.6 Å². The number of benzene rings is 2. The van der Waals surface area contributed by atoms with Crippen LogP contribution in [0.1, 0.15) is 37.7 Å². The third kappa shape index (κ3) is 6.37. The van der Waals surface area contributed by atoms with Gasteiger partial charge in [-0.3, -0.25) is 4.72 Å². The number of urea groups is 1. The molecule has 2 aromatic rings. The van der Waals surface area contributed by atoms with Crippen molar-refractivity contribution in [3.8, 4) is 0 Å². The second-order valence-corrected chi connectivity index (χ2v) is 9.51. The fourth-order valence-electron chi connectivity index (χ4n) is 3.42. The van der Waals surface area contributed by atoms with Crippen molar-refractivity contribution in [2.45, 2.75) is 43.4 Å². The molecule has 1 fully saturated rings. The van der Waals surface area contributed by atoms with E-state index in [1.807, 2.05) is 17.0 Å². The van der Waals surface area contributed by atoms with Gasteiger partial charge in [-0.1, -0.05) is 25.0 Å². The second-order valence-electron chi connectivity index (χ2n) is 7.45. The smallest absolute Gasteiger partial charge is 0.321 e. The van der Waals surface area contributed by atoms with Crippen LogP contribution in [0.4, 0.5) is 16.2 Å². The number of aryl methyl sites for hydroxylation is 1. The first kappa shape index (κ1) is 22.4. The van der Waals surface area contributed by atoms with Crippen molar-refractivity contribution in [3.63, 3.8) is 0 Å². The molecule has 2 amide bonds. The van der Waals surface area contributed by atoms with E-state index in [2.05, 4.69) is 10.0 Å². The molecule has 6 nitrogen and oxygen atoms in total. The third-order valence-electron chi connectivity index (χ3n) is 5.11. The maximum Gasteiger partial charge on any atom is 0.321 e. The molecule has 0 saturated carbocycles. The molecule has 0 unspecified atom stereocenters. The summed E-state index contributed by atoms with van der Waals surface area (Å²) in [5.74, 6) is 0.579. The summed E-state index contributed by atoms with van der Waals surface area (Å²) in [5, 5.41) is 2.88. The molecule has 1 saturated heterocycles. The fraction of sp³-hybridized carbons (Fsp3) is 0.409. The summed E-state index contributed by atoms with van der Waals surface area (Å²) < 4.78 is 27.8. The molecule has 0 spiro atoms. The second kappa shape index (κ2) is 10.7. The number of amides is 2. The van der Waals surface area contributed by atoms with Gasteiger partial charge in [0, 0.05) is 30.3 Å². The van der Waals surface area contributed by atoms with E-state index < -0.39 is 10.0 Å². The highest BCUT2D eigenvalue weighted by atomic mass is 35.5. The van der Waals surface area contributed by atoms with Crippen molar-refractivity contribution in [2.24, 2.45) is 0 Å². The summed E-state index contributed by atoms with van der Waals surface area (Å²) in [4.78, 5) is 14.4. The zero-order chi connectivity index (χ0) is 21.4. The molecule has 0 atom stereocenters. The maximum atomic E-state index is 12.6. The minimum absolute atomic E-state index is 0.112. The summed E-state index contributed by atoms with van der Waals surface area (Å²) in [6.07, 6.45) is 6.06. The summed E-state index contributed by atoms with van der Waals surface area (Å²) in [6.45, 7) is 1.54. The van der Waals surface area contributed by atoms with Gasteiger partial charge in [0.25, 0.3) is 10.0 Å². The predicted octanol–water partition coefficient (Wildman–Crippen LogP) is 5.07. The Morgan fingerprint density at radius 1 is 0.900 bits per heavy atom. The van der Waals surface area contributed by atoms with E-state index in [0.29, 0.717) is 17.3 Å². The maximum absolute atomic E-state index is 12.6. The van der Waals surface area contributed by atoms with E-state index in [0.717, 1.165) is 57.2 Å². The number of hydrogen-bond donors (Lipinski definition) is 2. The SMILES string of the molecule is O=C(Nc1ccc(NS(=O)(=O)c2ccc(CCCCl)cc2)cc1)N1CCCCCC1. The van der Waals surface area contributed by atoms with Crippen LogP contribution in [-0.2, 0) is 16.4 Å². The summed E-state index contributed by atoms with van der Waals surface area (Å²) in [5.41, 5.74) is 2.13. The van der Waals surface area contributed by atoms with Gasteiger partial charge in [-0.2, -0.15) is 0 Å². The monoisotopic (exact) mass is 449 g/mol. The molecule has 1 heterocycles. The van der Waals surface area contributed by atoms with Gasteiger partial charge in [0.05, 0.1) is 4.90 Å². The molecule has 0 aromatic heterocycles. The van der Waals surface area contributed by atoms with Gasteiger partial charge in [0.1, 0.15) is 0 Å². The Kier molecular flexibility index (Phi) is 7.99. The Labute approximate surface area is 183 Å². The van der Waals surface area contributed by atoms with E-state index in [1.165, 1.54) is 0 Å². The normalized spacial score (nSPS) is 14.8. The zero-order valence-electron chi connectivity index (χ0n) is 16.9. The summed E-state index contributed by atoms with van der Waals surface area (Å²) >= 11 is 5.70. The summed E-state index contributed by atoms with van der Waals surface area (Å²) in [6, 6.07) is 13.4. The number of anilines is 2. The standard InChI is InChI=1S/C22H28ClN3O3S/c23-15-5-6-18-7-13-21(14-8-18)30(28,29)25-20-11-9-19(10-12-20)24-22(27)26-16-3-1-2-4-17-26/h7-14,25H,1-6,15-17H2,(H,24,27). The van der Waals surface area contributed by atoms with Crippen LogP contribution in [0.15, 0.2) is 53.4 Å². The first-order valence-electron chi connectivity index (χ1n) is 10.3. The first-order valence-corrected chi connectivity index (χ1v) is 12.3. The van der Waals surface area contributed by atoms with Gasteiger partial charge in [-0.25, -0.2) is 13.2 Å². The number of carbonyl (C=O) groups is 1. The highest BCUT2D eigenvalue weighted by Crippen LogP contribution is 2.20. The van der Waals surface area contributed by atoms with Gasteiger partial charge < -0.3 is 10.2 Å². The molecule has 2 aromatic carbocycles. The van der Waals surface area contributed by atoms with Crippen LogP contribution in [0.2, 0.25) is 0 Å². The molecule has 0 bridgehead atoms. The molecular formula is C22H28ClN3O3S. The number of hydrogen-bond acceptors (Lipinski definition) is 3. The van der Waals surface area contributed by atoms with Crippen molar-refractivity contribution in [1.29, 1.82) is 0 Å². The number of halogens is 1. The Morgan fingerprint density at radius 2 is 1.50 bits per heavy atom. The van der Waals surface area contributed by atoms with Gasteiger partial charge in [0.15, 0.2) is 0 Å². The number of rotatable bonds is 7. The van der Waals surface area contributed by atoms with Crippen molar-refractivity contribution in [3.05, 3.63) is 54.1 Å². The van der Waals surface area contributed by atoms with Gasteiger partial charge in [-0.05, 0) is 67.6 Å². The number of nitrogens with one attached hydrogen (secondary N) is 2. The van der Waals surface area contributed by atoms with E-state index in [1.54, 1.807) is 36.4 Å². The number of nitrogens with zero attached hydrogens (tertiary/aromatic N) is 1. The number of likely N-dealkylation sites (tertiary alicyclic amines) is 1. The topological polar surface area (TPSA) is 78.5 Å². The van der Waals surface area contributed by atoms with Crippen LogP contribution < -0.4 is 10.0 Å². The lowest BCUT2D eigenvalue weighted by Crippen LogP contribution is -2.35. The molecule has 1 aliphatic heterocycles. The molecule has 0 radical (unpaired) electrons. The molecule has 3 rings (SSSR count). The van der Waals surface area contributed by atoms with Crippen molar-refractivity contribution >= 4 is 39.0 Å². The minimum atomic E-state index is -3.68. The average Bonchev–Trinajstić information content (AvgIpc) is 3.03. The quantitative estimate of drug-likeness (QED) is 0.579. The molecular weight excluding hydrogens is 422 g/mol. The number of carbonyl (C=O) groups excluding carboxylic acids is 1. The van der Waals surface area contributed by atoms with Gasteiger partial charge >= 0.3 is 6.03 Å². The molecule has 0 aliphatic carbocycles. The van der Waals surface area contributed by atoms with Crippen LogP contribution in [0, 0.1) is 0 Å². The van der Waals surface area contributed by atoms with Gasteiger partial charge in [0.2, 0.25) is 0 Å². The third-order valence-corrected chi connectivity index (χ3v) is 6.78. The fourth-order valence-corrected chi connectivity index (χ4v) is 4.61. The Morgan fingerprint density at radius 3 is 2.10 bits per heavy atom. The minimum Gasteiger partial charge on any atom is -0.325 e. The van der Waals surface area contributed by atoms with E-state index >= 15 is 0 Å². The van der Waals surface area contributed by atoms with Crippen molar-refractivity contribution in [1.82, 2.24) is 4.90 Å². The van der Waals surface area contributed by atoms with Gasteiger partial charge in [-0.15, -0.1) is 11.6 Å². The van der Waals surface area contributed by atoms with Crippen LogP contribution in [-0.4, -0.2) is 38.3 Å². The summed E-state index contributed by atoms with van der Waals surface area (Å²) in [7, 11) is -3.68.